The van der Waals surface area contributed by atoms with Gasteiger partial charge in [-0.25, -0.2) is 4.98 Å². The van der Waals surface area contributed by atoms with Crippen LogP contribution >= 0.6 is 0 Å². The van der Waals surface area contributed by atoms with Crippen molar-refractivity contribution < 1.29 is 5.11 Å². The van der Waals surface area contributed by atoms with Gasteiger partial charge in [-0.3, -0.25) is 0 Å². The largest absolute Gasteiger partial charge is 0.507 e. The highest BCUT2D eigenvalue weighted by molar-refractivity contribution is 5.84. The van der Waals surface area contributed by atoms with Gasteiger partial charge in [-0.2, -0.15) is 0 Å². The van der Waals surface area contributed by atoms with Crippen molar-refractivity contribution in [1.29, 1.82) is 0 Å². The topological polar surface area (TPSA) is 44.5 Å². The van der Waals surface area contributed by atoms with Crippen LogP contribution in [0.4, 0.5) is 11.4 Å². The molecule has 0 unspecified atom stereocenters. The van der Waals surface area contributed by atoms with Gasteiger partial charge in [0, 0.05) is 55.2 Å². The fraction of sp³-hybridized carbons (Fsp3) is 0.364. The lowest BCUT2D eigenvalue weighted by atomic mass is 10.0. The zero-order valence-corrected chi connectivity index (χ0v) is 24.0. The van der Waals surface area contributed by atoms with Crippen LogP contribution in [0.15, 0.2) is 60.7 Å². The highest BCUT2D eigenvalue weighted by atomic mass is 16.3. The number of rotatable bonds is 10. The Morgan fingerprint density at radius 3 is 1.68 bits per heavy atom. The van der Waals surface area contributed by atoms with Crippen LogP contribution in [-0.4, -0.2) is 40.8 Å². The summed E-state index contributed by atoms with van der Waals surface area (Å²) < 4.78 is 2.24. The first-order valence-electron chi connectivity index (χ1n) is 14.0. The molecule has 200 valence electrons. The molecule has 1 heterocycles. The second kappa shape index (κ2) is 11.8. The molecule has 4 aromatic rings. The van der Waals surface area contributed by atoms with E-state index in [1.54, 1.807) is 0 Å². The number of aromatic nitrogens is 2. The van der Waals surface area contributed by atoms with Crippen LogP contribution in [0, 0.1) is 13.8 Å². The van der Waals surface area contributed by atoms with Crippen molar-refractivity contribution in [2.24, 2.45) is 0 Å². The first-order chi connectivity index (χ1) is 18.4. The number of phenols is 1. The molecule has 0 radical (unpaired) electrons. The maximum atomic E-state index is 11.1. The van der Waals surface area contributed by atoms with E-state index in [9.17, 15) is 5.11 Å². The number of hydrogen-bond donors (Lipinski definition) is 1. The van der Waals surface area contributed by atoms with Gasteiger partial charge in [0.05, 0.1) is 17.0 Å². The predicted octanol–water partition coefficient (Wildman–Crippen LogP) is 7.92. The number of phenolic OH excluding ortho intramolecular Hbond substituents is 1. The fourth-order valence-electron chi connectivity index (χ4n) is 5.43. The summed E-state index contributed by atoms with van der Waals surface area (Å²) in [4.78, 5) is 9.93. The molecule has 0 atom stereocenters. The minimum Gasteiger partial charge on any atom is -0.507 e. The van der Waals surface area contributed by atoms with Gasteiger partial charge in [0.25, 0.3) is 0 Å². The van der Waals surface area contributed by atoms with Crippen molar-refractivity contribution in [3.05, 3.63) is 71.8 Å². The second-order valence-electron chi connectivity index (χ2n) is 9.79. The third-order valence-electron chi connectivity index (χ3n) is 7.51. The molecule has 5 nitrogen and oxygen atoms in total. The van der Waals surface area contributed by atoms with Crippen LogP contribution in [0.25, 0.3) is 33.9 Å². The Kier molecular flexibility index (Phi) is 8.45. The van der Waals surface area contributed by atoms with Gasteiger partial charge in [-0.05, 0) is 89.9 Å². The van der Waals surface area contributed by atoms with Crippen LogP contribution in [0.1, 0.15) is 45.7 Å². The van der Waals surface area contributed by atoms with Gasteiger partial charge in [-0.1, -0.05) is 30.3 Å². The summed E-state index contributed by atoms with van der Waals surface area (Å²) in [5.74, 6) is 1.09. The summed E-state index contributed by atoms with van der Waals surface area (Å²) >= 11 is 0. The summed E-state index contributed by atoms with van der Waals surface area (Å²) in [6, 6.07) is 21.6. The number of benzene rings is 3. The van der Waals surface area contributed by atoms with E-state index in [1.165, 1.54) is 11.4 Å². The summed E-state index contributed by atoms with van der Waals surface area (Å²) in [6.07, 6.45) is 0. The molecule has 0 saturated carbocycles. The summed E-state index contributed by atoms with van der Waals surface area (Å²) in [5.41, 5.74) is 9.37. The van der Waals surface area contributed by atoms with Crippen LogP contribution in [0.2, 0.25) is 0 Å². The Labute approximate surface area is 228 Å². The average Bonchev–Trinajstić information content (AvgIpc) is 3.32. The molecule has 0 amide bonds. The molecule has 3 aromatic carbocycles. The predicted molar refractivity (Wildman–Crippen MR) is 162 cm³/mol. The van der Waals surface area contributed by atoms with Crippen molar-refractivity contribution in [2.75, 3.05) is 36.0 Å². The van der Waals surface area contributed by atoms with E-state index >= 15 is 0 Å². The molecule has 0 aliphatic heterocycles. The Morgan fingerprint density at radius 2 is 1.21 bits per heavy atom. The summed E-state index contributed by atoms with van der Waals surface area (Å²) in [7, 11) is 0. The Balaban J connectivity index is 1.94. The van der Waals surface area contributed by atoms with Crippen molar-refractivity contribution >= 4 is 11.4 Å². The van der Waals surface area contributed by atoms with Gasteiger partial charge < -0.3 is 19.5 Å². The molecule has 0 aliphatic carbocycles. The molecule has 38 heavy (non-hydrogen) atoms. The lowest BCUT2D eigenvalue weighted by Crippen LogP contribution is -2.21. The molecule has 0 aliphatic rings. The van der Waals surface area contributed by atoms with Crippen molar-refractivity contribution in [1.82, 2.24) is 9.55 Å². The number of aromatic hydroxyl groups is 1. The first kappa shape index (κ1) is 27.3. The smallest absolute Gasteiger partial charge is 0.144 e. The van der Waals surface area contributed by atoms with Crippen LogP contribution in [0.3, 0.4) is 0 Å². The monoisotopic (exact) mass is 510 g/mol. The SMILES string of the molecule is CCN(CC)c1ccc(-c2nc(-c3cc(C)cc(C)c3O)n(CC)c2-c2ccc(N(CC)CC)cc2)cc1. The first-order valence-corrected chi connectivity index (χ1v) is 14.0. The van der Waals surface area contributed by atoms with E-state index in [-0.39, 0.29) is 0 Å². The molecule has 0 bridgehead atoms. The molecule has 0 fully saturated rings. The van der Waals surface area contributed by atoms with Gasteiger partial charge >= 0.3 is 0 Å². The molecule has 1 aromatic heterocycles. The van der Waals surface area contributed by atoms with Gasteiger partial charge in [-0.15, -0.1) is 0 Å². The zero-order chi connectivity index (χ0) is 27.4. The molecule has 0 spiro atoms. The quantitative estimate of drug-likeness (QED) is 0.235. The maximum absolute atomic E-state index is 11.1. The Morgan fingerprint density at radius 1 is 0.711 bits per heavy atom. The summed E-state index contributed by atoms with van der Waals surface area (Å²) in [5, 5.41) is 11.1. The van der Waals surface area contributed by atoms with E-state index < -0.39 is 0 Å². The maximum Gasteiger partial charge on any atom is 0.144 e. The Hall–Kier alpha value is -3.73. The highest BCUT2D eigenvalue weighted by Crippen LogP contribution is 2.40. The summed E-state index contributed by atoms with van der Waals surface area (Å²) in [6.45, 7) is 19.5. The van der Waals surface area contributed by atoms with Crippen LogP contribution in [-0.2, 0) is 6.54 Å². The molecule has 0 saturated heterocycles. The second-order valence-corrected chi connectivity index (χ2v) is 9.79. The lowest BCUT2D eigenvalue weighted by Gasteiger charge is -2.21. The molecular formula is C33H42N4O. The van der Waals surface area contributed by atoms with Crippen molar-refractivity contribution in [2.45, 2.75) is 55.0 Å². The normalized spacial score (nSPS) is 11.1. The minimum atomic E-state index is 0.294. The van der Waals surface area contributed by atoms with Crippen LogP contribution < -0.4 is 9.80 Å². The van der Waals surface area contributed by atoms with Gasteiger partial charge in [0.15, 0.2) is 0 Å². The molecule has 5 heteroatoms. The number of nitrogens with zero attached hydrogens (tertiary/aromatic N) is 4. The van der Waals surface area contributed by atoms with E-state index in [0.29, 0.717) is 5.75 Å². The van der Waals surface area contributed by atoms with E-state index in [4.69, 9.17) is 4.98 Å². The van der Waals surface area contributed by atoms with E-state index in [1.807, 2.05) is 19.1 Å². The number of aryl methyl sites for hydroxylation is 2. The van der Waals surface area contributed by atoms with Gasteiger partial charge in [0.2, 0.25) is 0 Å². The minimum absolute atomic E-state index is 0.294. The van der Waals surface area contributed by atoms with E-state index in [2.05, 4.69) is 104 Å². The lowest BCUT2D eigenvalue weighted by molar-refractivity contribution is 0.472. The zero-order valence-electron chi connectivity index (χ0n) is 24.0. The number of imidazole rings is 1. The molecular weight excluding hydrogens is 468 g/mol. The van der Waals surface area contributed by atoms with Crippen molar-refractivity contribution in [3.8, 4) is 39.7 Å². The number of hydrogen-bond acceptors (Lipinski definition) is 4. The van der Waals surface area contributed by atoms with Crippen molar-refractivity contribution in [3.63, 3.8) is 0 Å². The number of anilines is 2. The standard InChI is InChI=1S/C33H42N4O/c1-8-35(9-2)27-17-13-25(14-18-27)30-31(26-15-19-28(20-16-26)36(10-3)11-4)37(12-5)33(34-30)29-22-23(6)21-24(7)32(29)38/h13-22,38H,8-12H2,1-7H3. The average molecular weight is 511 g/mol. The molecule has 4 rings (SSSR count). The van der Waals surface area contributed by atoms with E-state index in [0.717, 1.165) is 77.8 Å². The third-order valence-corrected chi connectivity index (χ3v) is 7.51. The third kappa shape index (κ3) is 5.15. The molecule has 1 N–H and O–H groups in total. The fourth-order valence-corrected chi connectivity index (χ4v) is 5.43. The van der Waals surface area contributed by atoms with Gasteiger partial charge in [0.1, 0.15) is 11.6 Å². The highest BCUT2D eigenvalue weighted by Gasteiger charge is 2.23. The Bertz CT molecular complexity index is 1360. The van der Waals surface area contributed by atoms with Crippen LogP contribution in [0.5, 0.6) is 5.75 Å².